The van der Waals surface area contributed by atoms with E-state index < -0.39 is 11.5 Å². The zero-order valence-corrected chi connectivity index (χ0v) is 17.4. The van der Waals surface area contributed by atoms with Gasteiger partial charge in [-0.15, -0.1) is 0 Å². The summed E-state index contributed by atoms with van der Waals surface area (Å²) < 4.78 is 1.77. The molecule has 2 heterocycles. The molecule has 0 bridgehead atoms. The van der Waals surface area contributed by atoms with E-state index in [1.54, 1.807) is 4.52 Å². The van der Waals surface area contributed by atoms with E-state index >= 15 is 0 Å². The lowest BCUT2D eigenvalue weighted by Gasteiger charge is -2.38. The van der Waals surface area contributed by atoms with Gasteiger partial charge in [0.15, 0.2) is 0 Å². The summed E-state index contributed by atoms with van der Waals surface area (Å²) in [5.41, 5.74) is 9.65. The van der Waals surface area contributed by atoms with Crippen LogP contribution in [0.25, 0.3) is 16.6 Å². The van der Waals surface area contributed by atoms with Crippen LogP contribution in [0.4, 0.5) is 5.69 Å². The number of nitrogens with two attached hydrogens (primary N) is 1. The molecule has 0 unspecified atom stereocenters. The third kappa shape index (κ3) is 3.08. The molecule has 1 aliphatic carbocycles. The van der Waals surface area contributed by atoms with Crippen molar-refractivity contribution in [2.75, 3.05) is 5.32 Å². The van der Waals surface area contributed by atoms with Crippen LogP contribution in [0.2, 0.25) is 0 Å². The van der Waals surface area contributed by atoms with Gasteiger partial charge in [-0.25, -0.2) is 4.52 Å². The van der Waals surface area contributed by atoms with Gasteiger partial charge in [-0.05, 0) is 43.9 Å². The first kappa shape index (κ1) is 19.5. The van der Waals surface area contributed by atoms with Gasteiger partial charge in [-0.3, -0.25) is 4.79 Å². The first-order chi connectivity index (χ1) is 13.6. The molecule has 4 rings (SSSR count). The van der Waals surface area contributed by atoms with E-state index in [1.807, 2.05) is 31.3 Å². The Morgan fingerprint density at radius 2 is 2.03 bits per heavy atom. The molecule has 1 saturated carbocycles. The molecule has 0 saturated heterocycles. The number of anilines is 1. The van der Waals surface area contributed by atoms with Crippen LogP contribution in [-0.2, 0) is 0 Å². The number of hydrogen-bond acceptors (Lipinski definition) is 4. The third-order valence-electron chi connectivity index (χ3n) is 6.86. The van der Waals surface area contributed by atoms with Crippen molar-refractivity contribution >= 4 is 17.1 Å². The Hall–Kier alpha value is -2.86. The van der Waals surface area contributed by atoms with Gasteiger partial charge >= 0.3 is 0 Å². The topological polar surface area (TPSA) is 92.6 Å². The van der Waals surface area contributed by atoms with Gasteiger partial charge in [-0.1, -0.05) is 38.1 Å². The first-order valence-corrected chi connectivity index (χ1v) is 9.98. The van der Waals surface area contributed by atoms with Crippen LogP contribution < -0.4 is 11.1 Å². The van der Waals surface area contributed by atoms with Crippen LogP contribution in [0.3, 0.4) is 0 Å². The number of carbonyl (C=O) groups is 1. The fourth-order valence-electron chi connectivity index (χ4n) is 4.35. The number of benzene rings is 1. The Bertz CT molecular complexity index is 1100. The molecule has 4 N–H and O–H groups in total. The van der Waals surface area contributed by atoms with E-state index in [4.69, 9.17) is 5.73 Å². The first-order valence-electron chi connectivity index (χ1n) is 9.98. The molecule has 6 heteroatoms. The van der Waals surface area contributed by atoms with Gasteiger partial charge in [0, 0.05) is 23.2 Å². The summed E-state index contributed by atoms with van der Waals surface area (Å²) in [6.45, 7) is 8.05. The van der Waals surface area contributed by atoms with Crippen LogP contribution in [0.15, 0.2) is 42.7 Å². The van der Waals surface area contributed by atoms with Crippen LogP contribution in [0.5, 0.6) is 0 Å². The van der Waals surface area contributed by atoms with E-state index in [-0.39, 0.29) is 11.5 Å². The van der Waals surface area contributed by atoms with Crippen LogP contribution in [0, 0.1) is 12.3 Å². The number of aryl methyl sites for hydroxylation is 1. The van der Waals surface area contributed by atoms with Crippen LogP contribution >= 0.6 is 0 Å². The predicted molar refractivity (Wildman–Crippen MR) is 115 cm³/mol. The minimum Gasteiger partial charge on any atom is -0.390 e. The number of aliphatic hydroxyl groups is 1. The molecule has 2 aromatic heterocycles. The minimum atomic E-state index is -0.783. The van der Waals surface area contributed by atoms with Crippen molar-refractivity contribution in [2.24, 2.45) is 11.1 Å². The van der Waals surface area contributed by atoms with E-state index in [9.17, 15) is 9.90 Å². The van der Waals surface area contributed by atoms with Crippen molar-refractivity contribution in [1.82, 2.24) is 9.61 Å². The van der Waals surface area contributed by atoms with Gasteiger partial charge in [0.1, 0.15) is 0 Å². The quantitative estimate of drug-likeness (QED) is 0.630. The van der Waals surface area contributed by atoms with Crippen molar-refractivity contribution in [3.05, 3.63) is 53.9 Å². The lowest BCUT2D eigenvalue weighted by molar-refractivity contribution is -0.0283. The van der Waals surface area contributed by atoms with Crippen LogP contribution in [0.1, 0.15) is 49.5 Å². The average molecular weight is 393 g/mol. The second kappa shape index (κ2) is 6.59. The molecular formula is C23H28N4O2. The monoisotopic (exact) mass is 392 g/mol. The zero-order chi connectivity index (χ0) is 21.0. The zero-order valence-electron chi connectivity index (χ0n) is 17.4. The number of nitrogens with one attached hydrogen (secondary N) is 1. The summed E-state index contributed by atoms with van der Waals surface area (Å²) in [6, 6.07) is 10.2. The Morgan fingerprint density at radius 3 is 2.66 bits per heavy atom. The van der Waals surface area contributed by atoms with Gasteiger partial charge in [0.05, 0.1) is 28.6 Å². The number of carbonyl (C=O) groups excluding carboxylic acids is 1. The number of primary amides is 1. The molecule has 0 spiro atoms. The van der Waals surface area contributed by atoms with Crippen molar-refractivity contribution in [2.45, 2.75) is 52.2 Å². The molecular weight excluding hydrogens is 364 g/mol. The summed E-state index contributed by atoms with van der Waals surface area (Å²) in [6.07, 6.45) is 4.97. The summed E-state index contributed by atoms with van der Waals surface area (Å²) in [7, 11) is 0. The fraction of sp³-hybridized carbons (Fsp3) is 0.391. The number of rotatable bonds is 4. The number of amides is 1. The van der Waals surface area contributed by atoms with Crippen molar-refractivity contribution < 1.29 is 9.90 Å². The number of aromatic nitrogens is 2. The molecule has 0 aliphatic heterocycles. The van der Waals surface area contributed by atoms with Gasteiger partial charge in [0.25, 0.3) is 5.91 Å². The largest absolute Gasteiger partial charge is 0.390 e. The van der Waals surface area contributed by atoms with E-state index in [0.717, 1.165) is 23.1 Å². The molecule has 29 heavy (non-hydrogen) atoms. The van der Waals surface area contributed by atoms with Crippen LogP contribution in [-0.4, -0.2) is 32.3 Å². The molecule has 152 valence electrons. The summed E-state index contributed by atoms with van der Waals surface area (Å²) in [4.78, 5) is 12.1. The highest BCUT2D eigenvalue weighted by Crippen LogP contribution is 2.47. The Labute approximate surface area is 170 Å². The predicted octanol–water partition coefficient (Wildman–Crippen LogP) is 3.76. The second-order valence-corrected chi connectivity index (χ2v) is 8.90. The summed E-state index contributed by atoms with van der Waals surface area (Å²) in [5, 5.41) is 18.7. The second-order valence-electron chi connectivity index (χ2n) is 8.90. The maximum atomic E-state index is 12.1. The standard InChI is InChI=1S/C23H28N4O2/c1-14-7-5-6-8-16(14)15-11-18-20(17(21(24)28)12-25-27(18)13-15)26-19-9-10-23(4,29)22(19,2)3/h5-8,11-13,19,26,29H,9-10H2,1-4H3,(H2,24,28)/t19-,23-/m1/s1. The SMILES string of the molecule is Cc1ccccc1-c1cc2c(N[C@@H]3CC[C@@](C)(O)C3(C)C)c(C(N)=O)cnn2c1. The third-order valence-corrected chi connectivity index (χ3v) is 6.86. The van der Waals surface area contributed by atoms with E-state index in [1.165, 1.54) is 11.8 Å². The summed E-state index contributed by atoms with van der Waals surface area (Å²) in [5.74, 6) is -0.524. The number of nitrogens with zero attached hydrogens (tertiary/aromatic N) is 2. The Kier molecular flexibility index (Phi) is 4.42. The van der Waals surface area contributed by atoms with Gasteiger partial charge in [0.2, 0.25) is 0 Å². The normalized spacial score (nSPS) is 23.4. The molecule has 1 fully saturated rings. The molecule has 6 nitrogen and oxygen atoms in total. The number of hydrogen-bond donors (Lipinski definition) is 3. The Balaban J connectivity index is 1.84. The minimum absolute atomic E-state index is 0.00129. The van der Waals surface area contributed by atoms with E-state index in [0.29, 0.717) is 17.7 Å². The maximum Gasteiger partial charge on any atom is 0.252 e. The van der Waals surface area contributed by atoms with Crippen molar-refractivity contribution in [3.63, 3.8) is 0 Å². The highest BCUT2D eigenvalue weighted by molar-refractivity contribution is 6.02. The van der Waals surface area contributed by atoms with E-state index in [2.05, 4.69) is 43.3 Å². The van der Waals surface area contributed by atoms with Gasteiger partial charge in [-0.2, -0.15) is 5.10 Å². The highest BCUT2D eigenvalue weighted by Gasteiger charge is 2.50. The number of fused-ring (bicyclic) bond motifs is 1. The van der Waals surface area contributed by atoms with Gasteiger partial charge < -0.3 is 16.2 Å². The highest BCUT2D eigenvalue weighted by atomic mass is 16.3. The lowest BCUT2D eigenvalue weighted by Crippen LogP contribution is -2.45. The molecule has 1 amide bonds. The van der Waals surface area contributed by atoms with Crippen molar-refractivity contribution in [1.29, 1.82) is 0 Å². The lowest BCUT2D eigenvalue weighted by atomic mass is 9.76. The maximum absolute atomic E-state index is 12.1. The molecule has 1 aliphatic rings. The molecule has 3 aromatic rings. The summed E-state index contributed by atoms with van der Waals surface area (Å²) >= 11 is 0. The fourth-order valence-corrected chi connectivity index (χ4v) is 4.35. The molecule has 2 atom stereocenters. The molecule has 1 aromatic carbocycles. The molecule has 0 radical (unpaired) electrons. The average Bonchev–Trinajstić information content (AvgIpc) is 3.16. The van der Waals surface area contributed by atoms with Crippen molar-refractivity contribution in [3.8, 4) is 11.1 Å². The Morgan fingerprint density at radius 1 is 1.31 bits per heavy atom. The smallest absolute Gasteiger partial charge is 0.252 e.